The van der Waals surface area contributed by atoms with E-state index >= 15 is 0 Å². The number of aromatic amines is 1. The van der Waals surface area contributed by atoms with E-state index in [4.69, 9.17) is 0 Å². The number of anilines is 1. The van der Waals surface area contributed by atoms with E-state index in [2.05, 4.69) is 56.4 Å². The summed E-state index contributed by atoms with van der Waals surface area (Å²) >= 11 is 0. The van der Waals surface area contributed by atoms with E-state index in [0.29, 0.717) is 17.4 Å². The van der Waals surface area contributed by atoms with Gasteiger partial charge in [0.15, 0.2) is 11.5 Å². The predicted octanol–water partition coefficient (Wildman–Crippen LogP) is 2.92. The molecule has 0 bridgehead atoms. The largest absolute Gasteiger partial charge is 0.340 e. The lowest BCUT2D eigenvalue weighted by atomic mass is 10.0. The highest BCUT2D eigenvalue weighted by atomic mass is 15.3. The highest BCUT2D eigenvalue weighted by Gasteiger charge is 2.03. The van der Waals surface area contributed by atoms with Gasteiger partial charge in [-0.05, 0) is 17.0 Å². The Labute approximate surface area is 122 Å². The second kappa shape index (κ2) is 5.70. The summed E-state index contributed by atoms with van der Waals surface area (Å²) in [6.45, 7) is 4.35. The first-order valence-corrected chi connectivity index (χ1v) is 6.77. The second-order valence-electron chi connectivity index (χ2n) is 5.01. The number of benzene rings is 1. The Kier molecular flexibility index (Phi) is 3.59. The van der Waals surface area contributed by atoms with Crippen LogP contribution in [0.5, 0.6) is 0 Å². The number of nitrogens with one attached hydrogen (secondary N) is 2. The zero-order valence-corrected chi connectivity index (χ0v) is 11.9. The molecular formula is C15H16N6. The Morgan fingerprint density at radius 3 is 2.71 bits per heavy atom. The number of hydrazone groups is 1. The molecule has 6 heteroatoms. The summed E-state index contributed by atoms with van der Waals surface area (Å²) in [5.74, 6) is 1.14. The van der Waals surface area contributed by atoms with Crippen LogP contribution in [0.3, 0.4) is 0 Å². The van der Waals surface area contributed by atoms with Crippen molar-refractivity contribution in [1.82, 2.24) is 19.9 Å². The Balaban J connectivity index is 1.73. The quantitative estimate of drug-likeness (QED) is 0.569. The SMILES string of the molecule is CC(C)c1ccc(/C=N\Nc2ncnc3nc[nH]c23)cc1. The van der Waals surface area contributed by atoms with Crippen LogP contribution in [0.2, 0.25) is 0 Å². The molecule has 0 saturated heterocycles. The summed E-state index contributed by atoms with van der Waals surface area (Å²) in [5.41, 5.74) is 6.61. The molecule has 0 unspecified atom stereocenters. The number of hydrogen-bond acceptors (Lipinski definition) is 5. The van der Waals surface area contributed by atoms with Crippen molar-refractivity contribution >= 4 is 23.2 Å². The van der Waals surface area contributed by atoms with Gasteiger partial charge in [-0.2, -0.15) is 5.10 Å². The number of hydrogen-bond donors (Lipinski definition) is 2. The molecule has 0 amide bonds. The van der Waals surface area contributed by atoms with Gasteiger partial charge in [-0.3, -0.25) is 5.43 Å². The summed E-state index contributed by atoms with van der Waals surface area (Å²) in [7, 11) is 0. The molecule has 3 rings (SSSR count). The van der Waals surface area contributed by atoms with Crippen LogP contribution < -0.4 is 5.43 Å². The normalized spacial score (nSPS) is 11.6. The Hall–Kier alpha value is -2.76. The maximum atomic E-state index is 4.20. The van der Waals surface area contributed by atoms with Crippen LogP contribution in [0, 0.1) is 0 Å². The molecule has 0 aliphatic rings. The number of nitrogens with zero attached hydrogens (tertiary/aromatic N) is 4. The lowest BCUT2D eigenvalue weighted by Crippen LogP contribution is -1.96. The van der Waals surface area contributed by atoms with E-state index in [1.807, 2.05) is 12.1 Å². The standard InChI is InChI=1S/C15H16N6/c1-10(2)12-5-3-11(4-6-12)7-20-21-15-13-14(17-8-16-13)18-9-19-15/h3-10H,1-2H3,(H2,16,17,18,19,21)/b20-7-. The second-order valence-corrected chi connectivity index (χ2v) is 5.01. The van der Waals surface area contributed by atoms with Gasteiger partial charge in [0.05, 0.1) is 12.5 Å². The minimum atomic E-state index is 0.531. The van der Waals surface area contributed by atoms with Crippen molar-refractivity contribution < 1.29 is 0 Å². The summed E-state index contributed by atoms with van der Waals surface area (Å²) in [4.78, 5) is 15.2. The van der Waals surface area contributed by atoms with Crippen LogP contribution in [0.4, 0.5) is 5.82 Å². The van der Waals surface area contributed by atoms with Crippen LogP contribution in [-0.2, 0) is 0 Å². The average molecular weight is 280 g/mol. The first-order valence-electron chi connectivity index (χ1n) is 6.77. The van der Waals surface area contributed by atoms with Crippen molar-refractivity contribution in [2.45, 2.75) is 19.8 Å². The van der Waals surface area contributed by atoms with Gasteiger partial charge in [-0.25, -0.2) is 15.0 Å². The Morgan fingerprint density at radius 2 is 1.95 bits per heavy atom. The van der Waals surface area contributed by atoms with E-state index in [1.165, 1.54) is 11.9 Å². The van der Waals surface area contributed by atoms with E-state index in [1.54, 1.807) is 12.5 Å². The van der Waals surface area contributed by atoms with Crippen LogP contribution in [-0.4, -0.2) is 26.2 Å². The molecule has 0 saturated carbocycles. The fourth-order valence-electron chi connectivity index (χ4n) is 1.98. The number of H-pyrrole nitrogens is 1. The topological polar surface area (TPSA) is 78.8 Å². The molecule has 0 fully saturated rings. The first-order chi connectivity index (χ1) is 10.2. The molecule has 2 aromatic heterocycles. The van der Waals surface area contributed by atoms with Crippen molar-refractivity contribution in [2.75, 3.05) is 5.43 Å². The van der Waals surface area contributed by atoms with E-state index in [-0.39, 0.29) is 0 Å². The van der Waals surface area contributed by atoms with Crippen molar-refractivity contribution in [3.63, 3.8) is 0 Å². The van der Waals surface area contributed by atoms with Crippen LogP contribution in [0.1, 0.15) is 30.9 Å². The highest BCUT2D eigenvalue weighted by molar-refractivity contribution is 5.84. The summed E-state index contributed by atoms with van der Waals surface area (Å²) in [6.07, 6.45) is 4.80. The summed E-state index contributed by atoms with van der Waals surface area (Å²) < 4.78 is 0. The molecular weight excluding hydrogens is 264 g/mol. The van der Waals surface area contributed by atoms with Gasteiger partial charge in [0.25, 0.3) is 0 Å². The van der Waals surface area contributed by atoms with Crippen LogP contribution in [0.15, 0.2) is 42.0 Å². The van der Waals surface area contributed by atoms with Crippen molar-refractivity contribution in [3.05, 3.63) is 48.0 Å². The Bertz CT molecular complexity index is 757. The molecule has 0 atom stereocenters. The third-order valence-corrected chi connectivity index (χ3v) is 3.21. The molecule has 3 aromatic rings. The molecule has 0 aliphatic heterocycles. The zero-order valence-electron chi connectivity index (χ0n) is 11.9. The van der Waals surface area contributed by atoms with Crippen LogP contribution >= 0.6 is 0 Å². The predicted molar refractivity (Wildman–Crippen MR) is 83.4 cm³/mol. The lowest BCUT2D eigenvalue weighted by Gasteiger charge is -2.04. The highest BCUT2D eigenvalue weighted by Crippen LogP contribution is 2.15. The molecule has 0 radical (unpaired) electrons. The smallest absolute Gasteiger partial charge is 0.182 e. The summed E-state index contributed by atoms with van der Waals surface area (Å²) in [5, 5.41) is 4.20. The monoisotopic (exact) mass is 280 g/mol. The minimum Gasteiger partial charge on any atom is -0.340 e. The Morgan fingerprint density at radius 1 is 1.14 bits per heavy atom. The van der Waals surface area contributed by atoms with Crippen molar-refractivity contribution in [2.24, 2.45) is 5.10 Å². The number of fused-ring (bicyclic) bond motifs is 1. The van der Waals surface area contributed by atoms with Gasteiger partial charge in [-0.1, -0.05) is 38.1 Å². The molecule has 1 aromatic carbocycles. The van der Waals surface area contributed by atoms with Gasteiger partial charge < -0.3 is 4.98 Å². The first kappa shape index (κ1) is 13.2. The summed E-state index contributed by atoms with van der Waals surface area (Å²) in [6, 6.07) is 8.33. The molecule has 21 heavy (non-hydrogen) atoms. The van der Waals surface area contributed by atoms with Gasteiger partial charge in [0.2, 0.25) is 0 Å². The third kappa shape index (κ3) is 2.89. The molecule has 2 N–H and O–H groups in total. The van der Waals surface area contributed by atoms with Crippen LogP contribution in [0.25, 0.3) is 11.2 Å². The lowest BCUT2D eigenvalue weighted by molar-refractivity contribution is 0.866. The molecule has 6 nitrogen and oxygen atoms in total. The van der Waals surface area contributed by atoms with Gasteiger partial charge in [-0.15, -0.1) is 0 Å². The molecule has 0 spiro atoms. The molecule has 2 heterocycles. The number of imidazole rings is 1. The van der Waals surface area contributed by atoms with Crippen molar-refractivity contribution in [1.29, 1.82) is 0 Å². The average Bonchev–Trinajstić information content (AvgIpc) is 2.97. The fourth-order valence-corrected chi connectivity index (χ4v) is 1.98. The number of rotatable bonds is 4. The molecule has 0 aliphatic carbocycles. The maximum Gasteiger partial charge on any atom is 0.182 e. The fraction of sp³-hybridized carbons (Fsp3) is 0.200. The molecule has 106 valence electrons. The maximum absolute atomic E-state index is 4.20. The third-order valence-electron chi connectivity index (χ3n) is 3.21. The van der Waals surface area contributed by atoms with E-state index in [0.717, 1.165) is 11.1 Å². The van der Waals surface area contributed by atoms with E-state index < -0.39 is 0 Å². The van der Waals surface area contributed by atoms with E-state index in [9.17, 15) is 0 Å². The van der Waals surface area contributed by atoms with Gasteiger partial charge in [0.1, 0.15) is 11.8 Å². The van der Waals surface area contributed by atoms with Gasteiger partial charge in [0, 0.05) is 0 Å². The van der Waals surface area contributed by atoms with Gasteiger partial charge >= 0.3 is 0 Å². The zero-order chi connectivity index (χ0) is 14.7. The minimum absolute atomic E-state index is 0.531. The number of aromatic nitrogens is 4. The van der Waals surface area contributed by atoms with Crippen molar-refractivity contribution in [3.8, 4) is 0 Å².